The highest BCUT2D eigenvalue weighted by Crippen LogP contribution is 2.13. The van der Waals surface area contributed by atoms with E-state index in [1.54, 1.807) is 13.0 Å². The van der Waals surface area contributed by atoms with Crippen LogP contribution in [0.15, 0.2) is 24.3 Å². The summed E-state index contributed by atoms with van der Waals surface area (Å²) in [7, 11) is 0. The number of hydrogen-bond donors (Lipinski definition) is 2. The molecule has 1 amide bonds. The van der Waals surface area contributed by atoms with Gasteiger partial charge in [0.25, 0.3) is 0 Å². The summed E-state index contributed by atoms with van der Waals surface area (Å²) in [5.74, 6) is -0.816. The first-order valence-electron chi connectivity index (χ1n) is 5.29. The summed E-state index contributed by atoms with van der Waals surface area (Å²) >= 11 is 0. The van der Waals surface area contributed by atoms with E-state index >= 15 is 0 Å². The fourth-order valence-corrected chi connectivity index (χ4v) is 1.35. The van der Waals surface area contributed by atoms with Crippen LogP contribution in [0.1, 0.15) is 25.5 Å². The molecule has 0 heterocycles. The van der Waals surface area contributed by atoms with Gasteiger partial charge in [-0.25, -0.2) is 4.39 Å². The van der Waals surface area contributed by atoms with Crippen molar-refractivity contribution >= 4 is 5.91 Å². The first-order chi connectivity index (χ1) is 7.50. The fourth-order valence-electron chi connectivity index (χ4n) is 1.35. The summed E-state index contributed by atoms with van der Waals surface area (Å²) in [5, 5.41) is 3.14. The summed E-state index contributed by atoms with van der Waals surface area (Å²) in [6, 6.07) is 6.39. The molecule has 0 aliphatic carbocycles. The van der Waals surface area contributed by atoms with E-state index in [1.165, 1.54) is 12.1 Å². The van der Waals surface area contributed by atoms with Gasteiger partial charge in [-0.15, -0.1) is 0 Å². The van der Waals surface area contributed by atoms with Crippen LogP contribution in [0.4, 0.5) is 4.39 Å². The molecule has 3 N–H and O–H groups in total. The van der Waals surface area contributed by atoms with Gasteiger partial charge in [-0.3, -0.25) is 4.79 Å². The second-order valence-electron chi connectivity index (χ2n) is 3.99. The number of nitrogens with two attached hydrogens (primary N) is 1. The third-order valence-corrected chi connectivity index (χ3v) is 2.56. The predicted octanol–water partition coefficient (Wildman–Crippen LogP) is 1.60. The van der Waals surface area contributed by atoms with Crippen LogP contribution in [0.5, 0.6) is 0 Å². The van der Waals surface area contributed by atoms with Crippen LogP contribution in [-0.4, -0.2) is 12.5 Å². The van der Waals surface area contributed by atoms with E-state index in [2.05, 4.69) is 5.32 Å². The fraction of sp³-hybridized carbons (Fsp3) is 0.417. The Morgan fingerprint density at radius 1 is 1.50 bits per heavy atom. The average molecular weight is 224 g/mol. The Morgan fingerprint density at radius 2 is 2.19 bits per heavy atom. The Hall–Kier alpha value is -1.42. The molecule has 4 heteroatoms. The van der Waals surface area contributed by atoms with Gasteiger partial charge in [-0.1, -0.05) is 19.1 Å². The van der Waals surface area contributed by atoms with Crippen LogP contribution in [-0.2, 0) is 4.79 Å². The highest BCUT2D eigenvalue weighted by atomic mass is 19.1. The maximum Gasteiger partial charge on any atom is 0.221 e. The van der Waals surface area contributed by atoms with Crippen molar-refractivity contribution in [3.05, 3.63) is 35.6 Å². The molecule has 0 aliphatic heterocycles. The predicted molar refractivity (Wildman–Crippen MR) is 61.2 cm³/mol. The SMILES string of the molecule is CC(CNC(C)c1cccc(F)c1)C(N)=O. The van der Waals surface area contributed by atoms with Gasteiger partial charge in [0.2, 0.25) is 5.91 Å². The largest absolute Gasteiger partial charge is 0.369 e. The van der Waals surface area contributed by atoms with Crippen molar-refractivity contribution in [3.8, 4) is 0 Å². The number of carbonyl (C=O) groups excluding carboxylic acids is 1. The minimum absolute atomic E-state index is 0.00231. The van der Waals surface area contributed by atoms with Crippen molar-refractivity contribution in [3.63, 3.8) is 0 Å². The zero-order valence-corrected chi connectivity index (χ0v) is 9.53. The van der Waals surface area contributed by atoms with Crippen LogP contribution in [0.2, 0.25) is 0 Å². The van der Waals surface area contributed by atoms with Crippen molar-refractivity contribution in [1.29, 1.82) is 0 Å². The molecule has 0 aliphatic rings. The average Bonchev–Trinajstić information content (AvgIpc) is 2.25. The van der Waals surface area contributed by atoms with Crippen molar-refractivity contribution in [1.82, 2.24) is 5.32 Å². The normalized spacial score (nSPS) is 14.4. The minimum Gasteiger partial charge on any atom is -0.369 e. The number of benzene rings is 1. The molecule has 0 fully saturated rings. The number of primary amides is 1. The number of amides is 1. The Morgan fingerprint density at radius 3 is 2.75 bits per heavy atom. The molecule has 88 valence electrons. The van der Waals surface area contributed by atoms with Gasteiger partial charge in [0.05, 0.1) is 0 Å². The van der Waals surface area contributed by atoms with Crippen LogP contribution in [0.3, 0.4) is 0 Å². The van der Waals surface area contributed by atoms with E-state index in [0.717, 1.165) is 5.56 Å². The number of nitrogens with one attached hydrogen (secondary N) is 1. The molecule has 0 bridgehead atoms. The lowest BCUT2D eigenvalue weighted by Crippen LogP contribution is -2.32. The lowest BCUT2D eigenvalue weighted by molar-refractivity contribution is -0.121. The lowest BCUT2D eigenvalue weighted by Gasteiger charge is -2.16. The second-order valence-corrected chi connectivity index (χ2v) is 3.99. The molecule has 1 rings (SSSR count). The van der Waals surface area contributed by atoms with E-state index in [0.29, 0.717) is 6.54 Å². The Balaban J connectivity index is 2.52. The molecule has 2 atom stereocenters. The summed E-state index contributed by atoms with van der Waals surface area (Å²) < 4.78 is 13.0. The molecule has 0 radical (unpaired) electrons. The van der Waals surface area contributed by atoms with E-state index < -0.39 is 0 Å². The van der Waals surface area contributed by atoms with Gasteiger partial charge >= 0.3 is 0 Å². The van der Waals surface area contributed by atoms with E-state index in [1.807, 2.05) is 13.0 Å². The summed E-state index contributed by atoms with van der Waals surface area (Å²) in [6.07, 6.45) is 0. The van der Waals surface area contributed by atoms with Gasteiger partial charge in [-0.05, 0) is 24.6 Å². The standard InChI is InChI=1S/C12H17FN2O/c1-8(12(14)16)7-15-9(2)10-4-3-5-11(13)6-10/h3-6,8-9,15H,7H2,1-2H3,(H2,14,16). The molecule has 1 aromatic carbocycles. The second kappa shape index (κ2) is 5.61. The number of carbonyl (C=O) groups is 1. The third kappa shape index (κ3) is 3.62. The zero-order valence-electron chi connectivity index (χ0n) is 9.53. The quantitative estimate of drug-likeness (QED) is 0.798. The summed E-state index contributed by atoms with van der Waals surface area (Å²) in [4.78, 5) is 10.8. The van der Waals surface area contributed by atoms with E-state index in [-0.39, 0.29) is 23.7 Å². The highest BCUT2D eigenvalue weighted by molar-refractivity contribution is 5.76. The van der Waals surface area contributed by atoms with Gasteiger partial charge in [-0.2, -0.15) is 0 Å². The van der Waals surface area contributed by atoms with E-state index in [4.69, 9.17) is 5.73 Å². The zero-order chi connectivity index (χ0) is 12.1. The maximum absolute atomic E-state index is 13.0. The topological polar surface area (TPSA) is 55.1 Å². The molecular formula is C12H17FN2O. The number of halogens is 1. The van der Waals surface area contributed by atoms with Crippen molar-refractivity contribution in [2.45, 2.75) is 19.9 Å². The molecular weight excluding hydrogens is 207 g/mol. The lowest BCUT2D eigenvalue weighted by atomic mass is 10.1. The van der Waals surface area contributed by atoms with E-state index in [9.17, 15) is 9.18 Å². The van der Waals surface area contributed by atoms with Crippen LogP contribution in [0, 0.1) is 11.7 Å². The molecule has 3 nitrogen and oxygen atoms in total. The molecule has 0 spiro atoms. The molecule has 1 aromatic rings. The Kier molecular flexibility index (Phi) is 4.43. The number of rotatable bonds is 5. The monoisotopic (exact) mass is 224 g/mol. The first kappa shape index (κ1) is 12.6. The molecule has 0 saturated heterocycles. The smallest absolute Gasteiger partial charge is 0.221 e. The highest BCUT2D eigenvalue weighted by Gasteiger charge is 2.11. The van der Waals surface area contributed by atoms with Crippen LogP contribution >= 0.6 is 0 Å². The van der Waals surface area contributed by atoms with Gasteiger partial charge in [0.1, 0.15) is 5.82 Å². The van der Waals surface area contributed by atoms with Crippen molar-refractivity contribution in [2.24, 2.45) is 11.7 Å². The summed E-state index contributed by atoms with van der Waals surface area (Å²) in [5.41, 5.74) is 6.00. The molecule has 0 saturated carbocycles. The van der Waals surface area contributed by atoms with Gasteiger partial charge in [0.15, 0.2) is 0 Å². The van der Waals surface area contributed by atoms with Crippen LogP contribution in [0.25, 0.3) is 0 Å². The first-order valence-corrected chi connectivity index (χ1v) is 5.29. The van der Waals surface area contributed by atoms with Crippen LogP contribution < -0.4 is 11.1 Å². The summed E-state index contributed by atoms with van der Waals surface area (Å²) in [6.45, 7) is 4.17. The van der Waals surface area contributed by atoms with Gasteiger partial charge < -0.3 is 11.1 Å². The Bertz CT molecular complexity index is 368. The molecule has 16 heavy (non-hydrogen) atoms. The van der Waals surface area contributed by atoms with Crippen molar-refractivity contribution in [2.75, 3.05) is 6.54 Å². The third-order valence-electron chi connectivity index (χ3n) is 2.56. The van der Waals surface area contributed by atoms with Crippen molar-refractivity contribution < 1.29 is 9.18 Å². The Labute approximate surface area is 94.8 Å². The molecule has 0 aromatic heterocycles. The number of hydrogen-bond acceptors (Lipinski definition) is 2. The molecule has 2 unspecified atom stereocenters. The minimum atomic E-state index is -0.334. The maximum atomic E-state index is 13.0. The van der Waals surface area contributed by atoms with Gasteiger partial charge in [0, 0.05) is 18.5 Å².